The number of hydrogen-bond acceptors (Lipinski definition) is 4. The van der Waals surface area contributed by atoms with E-state index in [-0.39, 0.29) is 5.78 Å². The molecule has 2 N–H and O–H groups in total. The van der Waals surface area contributed by atoms with Gasteiger partial charge in [0.05, 0.1) is 5.56 Å². The molecule has 1 aromatic carbocycles. The lowest BCUT2D eigenvalue weighted by Crippen LogP contribution is -2.39. The van der Waals surface area contributed by atoms with Crippen LogP contribution in [0.5, 0.6) is 0 Å². The number of H-pyrrole nitrogens is 1. The highest BCUT2D eigenvalue weighted by atomic mass is 35.5. The molecule has 4 rings (SSSR count). The molecule has 0 amide bonds. The number of fused-ring (bicyclic) bond motifs is 1. The van der Waals surface area contributed by atoms with Gasteiger partial charge in [-0.15, -0.1) is 0 Å². The molecule has 2 heterocycles. The third-order valence-electron chi connectivity index (χ3n) is 4.88. The van der Waals surface area contributed by atoms with Gasteiger partial charge in [-0.25, -0.2) is 4.79 Å². The quantitative estimate of drug-likeness (QED) is 0.820. The molecular formula is C18H16ClN3O3. The highest BCUT2D eigenvalue weighted by Gasteiger charge is 2.38. The highest BCUT2D eigenvalue weighted by molar-refractivity contribution is 6.31. The van der Waals surface area contributed by atoms with Gasteiger partial charge < -0.3 is 5.32 Å². The van der Waals surface area contributed by atoms with E-state index < -0.39 is 17.2 Å². The number of rotatable bonds is 1. The molecule has 1 aromatic heterocycles. The molecule has 128 valence electrons. The lowest BCUT2D eigenvalue weighted by molar-refractivity contribution is -0.116. The third-order valence-corrected chi connectivity index (χ3v) is 5.22. The fourth-order valence-electron chi connectivity index (χ4n) is 3.69. The second kappa shape index (κ2) is 5.74. The van der Waals surface area contributed by atoms with Gasteiger partial charge in [0.15, 0.2) is 5.78 Å². The standard InChI is InChI=1S/C18H16ClN3O3/c1-22-16-15(17(24)21-18(22)25)13(9-5-2-3-6-10(9)19)14-11(20-16)7-4-8-12(14)23/h2-3,5-6,13,20H,4,7-8H2,1H3,(H,21,24,25). The minimum Gasteiger partial charge on any atom is -0.344 e. The van der Waals surface area contributed by atoms with Crippen LogP contribution in [0.3, 0.4) is 0 Å². The summed E-state index contributed by atoms with van der Waals surface area (Å²) >= 11 is 6.39. The van der Waals surface area contributed by atoms with Gasteiger partial charge in [0, 0.05) is 35.7 Å². The molecule has 0 spiro atoms. The zero-order chi connectivity index (χ0) is 17.7. The van der Waals surface area contributed by atoms with E-state index in [2.05, 4.69) is 10.3 Å². The lowest BCUT2D eigenvalue weighted by atomic mass is 9.76. The van der Waals surface area contributed by atoms with Crippen molar-refractivity contribution in [2.24, 2.45) is 7.05 Å². The van der Waals surface area contributed by atoms with Crippen molar-refractivity contribution < 1.29 is 4.79 Å². The predicted molar refractivity (Wildman–Crippen MR) is 95.1 cm³/mol. The van der Waals surface area contributed by atoms with Gasteiger partial charge in [0.2, 0.25) is 0 Å². The van der Waals surface area contributed by atoms with E-state index in [9.17, 15) is 14.4 Å². The number of allylic oxidation sites excluding steroid dienone is 2. The minimum atomic E-state index is -0.580. The van der Waals surface area contributed by atoms with Crippen LogP contribution < -0.4 is 16.6 Å². The molecule has 6 nitrogen and oxygen atoms in total. The van der Waals surface area contributed by atoms with E-state index >= 15 is 0 Å². The Morgan fingerprint density at radius 3 is 2.68 bits per heavy atom. The molecule has 1 unspecified atom stereocenters. The third kappa shape index (κ3) is 2.36. The Morgan fingerprint density at radius 2 is 1.92 bits per heavy atom. The summed E-state index contributed by atoms with van der Waals surface area (Å²) in [5, 5.41) is 3.64. The molecule has 1 aliphatic heterocycles. The van der Waals surface area contributed by atoms with Gasteiger partial charge in [0.25, 0.3) is 5.56 Å². The lowest BCUT2D eigenvalue weighted by Gasteiger charge is -2.34. The SMILES string of the molecule is Cn1c2c(c(=O)[nH]c1=O)C(c1ccccc1Cl)C1=C(CCCC1=O)N2. The number of aromatic nitrogens is 2. The van der Waals surface area contributed by atoms with Crippen LogP contribution in [0.4, 0.5) is 5.82 Å². The summed E-state index contributed by atoms with van der Waals surface area (Å²) in [5.74, 6) is -0.145. The Balaban J connectivity index is 2.09. The number of halogens is 1. The van der Waals surface area contributed by atoms with Crippen LogP contribution in [0, 0.1) is 0 Å². The molecule has 0 saturated heterocycles. The van der Waals surface area contributed by atoms with Crippen LogP contribution in [0.1, 0.15) is 36.3 Å². The van der Waals surface area contributed by atoms with Gasteiger partial charge in [-0.3, -0.25) is 19.1 Å². The van der Waals surface area contributed by atoms with E-state index in [1.54, 1.807) is 19.2 Å². The maximum Gasteiger partial charge on any atom is 0.329 e. The largest absolute Gasteiger partial charge is 0.344 e. The maximum atomic E-state index is 12.7. The predicted octanol–water partition coefficient (Wildman–Crippen LogP) is 2.29. The van der Waals surface area contributed by atoms with Crippen LogP contribution in [-0.2, 0) is 11.8 Å². The summed E-state index contributed by atoms with van der Waals surface area (Å²) in [6.45, 7) is 0. The molecule has 0 bridgehead atoms. The average Bonchev–Trinajstić information content (AvgIpc) is 2.59. The Kier molecular flexibility index (Phi) is 3.65. The molecule has 7 heteroatoms. The van der Waals surface area contributed by atoms with Gasteiger partial charge in [-0.2, -0.15) is 0 Å². The van der Waals surface area contributed by atoms with Crippen molar-refractivity contribution in [1.29, 1.82) is 0 Å². The second-order valence-corrected chi connectivity index (χ2v) is 6.74. The molecule has 0 fully saturated rings. The fraction of sp³-hybridized carbons (Fsp3) is 0.278. The number of carbonyl (C=O) groups excluding carboxylic acids is 1. The van der Waals surface area contributed by atoms with Gasteiger partial charge in [-0.1, -0.05) is 29.8 Å². The topological polar surface area (TPSA) is 84.0 Å². The van der Waals surface area contributed by atoms with E-state index in [0.717, 1.165) is 12.1 Å². The van der Waals surface area contributed by atoms with E-state index in [4.69, 9.17) is 11.6 Å². The van der Waals surface area contributed by atoms with Crippen molar-refractivity contribution in [2.45, 2.75) is 25.2 Å². The first kappa shape index (κ1) is 15.9. The number of ketones is 1. The smallest absolute Gasteiger partial charge is 0.329 e. The summed E-state index contributed by atoms with van der Waals surface area (Å²) < 4.78 is 1.36. The molecule has 1 aliphatic carbocycles. The first-order valence-corrected chi connectivity index (χ1v) is 8.47. The normalized spacial score (nSPS) is 19.3. The molecule has 0 radical (unpaired) electrons. The Labute approximate surface area is 148 Å². The number of carbonyl (C=O) groups is 1. The number of Topliss-reactive ketones (excluding diaryl/α,β-unsaturated/α-hetero) is 1. The van der Waals surface area contributed by atoms with Crippen molar-refractivity contribution in [3.63, 3.8) is 0 Å². The molecule has 1 atom stereocenters. The minimum absolute atomic E-state index is 0.0116. The van der Waals surface area contributed by atoms with Crippen LogP contribution in [0.15, 0.2) is 45.1 Å². The van der Waals surface area contributed by atoms with E-state index in [1.807, 2.05) is 12.1 Å². The van der Waals surface area contributed by atoms with Crippen molar-refractivity contribution >= 4 is 23.2 Å². The molecule has 25 heavy (non-hydrogen) atoms. The fourth-order valence-corrected chi connectivity index (χ4v) is 3.94. The summed E-state index contributed by atoms with van der Waals surface area (Å²) in [4.78, 5) is 39.6. The number of hydrogen-bond donors (Lipinski definition) is 2. The number of nitrogens with one attached hydrogen (secondary N) is 2. The summed E-state index contributed by atoms with van der Waals surface area (Å²) in [5.41, 5.74) is 1.40. The van der Waals surface area contributed by atoms with Crippen LogP contribution in [0.2, 0.25) is 5.02 Å². The zero-order valence-electron chi connectivity index (χ0n) is 13.6. The highest BCUT2D eigenvalue weighted by Crippen LogP contribution is 2.44. The molecule has 0 saturated carbocycles. The first-order chi connectivity index (χ1) is 12.0. The van der Waals surface area contributed by atoms with Gasteiger partial charge in [-0.05, 0) is 24.5 Å². The van der Waals surface area contributed by atoms with E-state index in [1.165, 1.54) is 4.57 Å². The Hall–Kier alpha value is -2.60. The van der Waals surface area contributed by atoms with Crippen molar-refractivity contribution in [2.75, 3.05) is 5.32 Å². The van der Waals surface area contributed by atoms with Crippen LogP contribution in [-0.4, -0.2) is 15.3 Å². The van der Waals surface area contributed by atoms with Crippen LogP contribution in [0.25, 0.3) is 0 Å². The average molecular weight is 358 g/mol. The maximum absolute atomic E-state index is 12.7. The number of benzene rings is 1. The molecule has 2 aliphatic rings. The van der Waals surface area contributed by atoms with Crippen LogP contribution >= 0.6 is 11.6 Å². The monoisotopic (exact) mass is 357 g/mol. The van der Waals surface area contributed by atoms with Crippen molar-refractivity contribution in [3.05, 3.63) is 72.5 Å². The Morgan fingerprint density at radius 1 is 1.16 bits per heavy atom. The summed E-state index contributed by atoms with van der Waals surface area (Å²) in [7, 11) is 1.59. The molecular weight excluding hydrogens is 342 g/mol. The summed E-state index contributed by atoms with van der Waals surface area (Å²) in [6.07, 6.45) is 1.88. The van der Waals surface area contributed by atoms with E-state index in [0.29, 0.717) is 40.4 Å². The summed E-state index contributed by atoms with van der Waals surface area (Å²) in [6, 6.07) is 7.19. The molecule has 2 aromatic rings. The zero-order valence-corrected chi connectivity index (χ0v) is 14.3. The first-order valence-electron chi connectivity index (χ1n) is 8.10. The number of anilines is 1. The Bertz CT molecular complexity index is 1050. The number of aromatic amines is 1. The second-order valence-electron chi connectivity index (χ2n) is 6.33. The van der Waals surface area contributed by atoms with Gasteiger partial charge >= 0.3 is 5.69 Å². The number of nitrogens with zero attached hydrogens (tertiary/aromatic N) is 1. The van der Waals surface area contributed by atoms with Gasteiger partial charge in [0.1, 0.15) is 5.82 Å². The van der Waals surface area contributed by atoms with Crippen molar-refractivity contribution in [3.8, 4) is 0 Å². The van der Waals surface area contributed by atoms with Crippen molar-refractivity contribution in [1.82, 2.24) is 9.55 Å².